The summed E-state index contributed by atoms with van der Waals surface area (Å²) >= 11 is 0. The molecule has 4 nitrogen and oxygen atoms in total. The molecular formula is C6H5NO3. The van der Waals surface area contributed by atoms with E-state index in [0.29, 0.717) is 6.42 Å². The number of allylic oxidation sites excluding steroid dienone is 3. The molecule has 0 saturated heterocycles. The summed E-state index contributed by atoms with van der Waals surface area (Å²) in [7, 11) is 0. The van der Waals surface area contributed by atoms with Crippen LogP contribution in [0.1, 0.15) is 6.42 Å². The zero-order chi connectivity index (χ0) is 7.56. The minimum atomic E-state index is -0.661. The van der Waals surface area contributed by atoms with Gasteiger partial charge in [-0.1, -0.05) is 6.08 Å². The van der Waals surface area contributed by atoms with Gasteiger partial charge in [-0.3, -0.25) is 14.9 Å². The van der Waals surface area contributed by atoms with Gasteiger partial charge >= 0.3 is 5.70 Å². The number of rotatable bonds is 1. The van der Waals surface area contributed by atoms with Crippen LogP contribution in [0.3, 0.4) is 0 Å². The van der Waals surface area contributed by atoms with Crippen LogP contribution in [-0.4, -0.2) is 10.7 Å². The van der Waals surface area contributed by atoms with Crippen molar-refractivity contribution in [2.75, 3.05) is 0 Å². The Bertz CT molecular complexity index is 239. The molecule has 1 rings (SSSR count). The lowest BCUT2D eigenvalue weighted by molar-refractivity contribution is -0.418. The maximum atomic E-state index is 10.6. The fourth-order valence-corrected chi connectivity index (χ4v) is 0.705. The first-order chi connectivity index (χ1) is 4.72. The zero-order valence-corrected chi connectivity index (χ0v) is 5.11. The van der Waals surface area contributed by atoms with Crippen LogP contribution in [0.2, 0.25) is 0 Å². The van der Waals surface area contributed by atoms with Crippen molar-refractivity contribution in [2.24, 2.45) is 0 Å². The van der Waals surface area contributed by atoms with Gasteiger partial charge < -0.3 is 0 Å². The van der Waals surface area contributed by atoms with E-state index in [1.165, 1.54) is 12.2 Å². The molecular weight excluding hydrogens is 134 g/mol. The Kier molecular flexibility index (Phi) is 1.62. The molecule has 0 heterocycles. The minimum absolute atomic E-state index is 0.317. The maximum absolute atomic E-state index is 10.6. The van der Waals surface area contributed by atoms with Gasteiger partial charge in [0.05, 0.1) is 4.92 Å². The molecule has 0 atom stereocenters. The van der Waals surface area contributed by atoms with Crippen molar-refractivity contribution in [3.63, 3.8) is 0 Å². The molecule has 52 valence electrons. The predicted molar refractivity (Wildman–Crippen MR) is 33.8 cm³/mol. The van der Waals surface area contributed by atoms with Crippen LogP contribution in [0, 0.1) is 10.1 Å². The second-order valence-electron chi connectivity index (χ2n) is 1.85. The van der Waals surface area contributed by atoms with Gasteiger partial charge in [0, 0.05) is 6.08 Å². The van der Waals surface area contributed by atoms with Crippen LogP contribution in [0.5, 0.6) is 0 Å². The predicted octanol–water partition coefficient (Wildman–Crippen LogP) is 0.676. The summed E-state index contributed by atoms with van der Waals surface area (Å²) in [5.74, 6) is -0.517. The number of nitro groups is 1. The van der Waals surface area contributed by atoms with E-state index in [2.05, 4.69) is 0 Å². The van der Waals surface area contributed by atoms with Gasteiger partial charge in [-0.15, -0.1) is 0 Å². The lowest BCUT2D eigenvalue weighted by Gasteiger charge is -1.95. The van der Waals surface area contributed by atoms with E-state index in [1.54, 1.807) is 6.08 Å². The molecule has 0 aromatic carbocycles. The first-order valence-electron chi connectivity index (χ1n) is 2.77. The topological polar surface area (TPSA) is 60.2 Å². The van der Waals surface area contributed by atoms with Crippen LogP contribution < -0.4 is 0 Å². The Morgan fingerprint density at radius 2 is 2.30 bits per heavy atom. The highest BCUT2D eigenvalue weighted by Gasteiger charge is 2.19. The number of nitrogens with zero attached hydrogens (tertiary/aromatic N) is 1. The van der Waals surface area contributed by atoms with E-state index in [0.717, 1.165) is 0 Å². The molecule has 1 aliphatic carbocycles. The number of hydrogen-bond donors (Lipinski definition) is 0. The first kappa shape index (κ1) is 6.67. The fraction of sp³-hybridized carbons (Fsp3) is 0.167. The van der Waals surface area contributed by atoms with E-state index in [4.69, 9.17) is 0 Å². The van der Waals surface area contributed by atoms with E-state index >= 15 is 0 Å². The third-order valence-corrected chi connectivity index (χ3v) is 1.17. The van der Waals surface area contributed by atoms with E-state index in [9.17, 15) is 14.9 Å². The number of carbonyl (C=O) groups excluding carboxylic acids is 1. The van der Waals surface area contributed by atoms with Crippen LogP contribution in [0.25, 0.3) is 0 Å². The van der Waals surface area contributed by atoms with Crippen LogP contribution in [-0.2, 0) is 4.79 Å². The van der Waals surface area contributed by atoms with Crippen molar-refractivity contribution in [1.82, 2.24) is 0 Å². The van der Waals surface area contributed by atoms with Crippen molar-refractivity contribution in [3.8, 4) is 0 Å². The highest BCUT2D eigenvalue weighted by atomic mass is 16.6. The summed E-state index contributed by atoms with van der Waals surface area (Å²) in [6.07, 6.45) is 4.60. The lowest BCUT2D eigenvalue weighted by Crippen LogP contribution is -2.10. The molecule has 0 N–H and O–H groups in total. The minimum Gasteiger partial charge on any atom is -0.282 e. The Morgan fingerprint density at radius 1 is 1.60 bits per heavy atom. The van der Waals surface area contributed by atoms with Gasteiger partial charge in [0.1, 0.15) is 0 Å². The Morgan fingerprint density at radius 3 is 2.70 bits per heavy atom. The van der Waals surface area contributed by atoms with Crippen LogP contribution in [0.4, 0.5) is 0 Å². The fourth-order valence-electron chi connectivity index (χ4n) is 0.705. The van der Waals surface area contributed by atoms with Crippen molar-refractivity contribution in [3.05, 3.63) is 34.0 Å². The van der Waals surface area contributed by atoms with Crippen molar-refractivity contribution in [2.45, 2.75) is 6.42 Å². The first-order valence-corrected chi connectivity index (χ1v) is 2.77. The molecule has 0 amide bonds. The van der Waals surface area contributed by atoms with Crippen molar-refractivity contribution >= 4 is 5.78 Å². The number of hydrogen-bond acceptors (Lipinski definition) is 3. The Balaban J connectivity index is 2.86. The number of ketones is 1. The highest BCUT2D eigenvalue weighted by Crippen LogP contribution is 2.06. The van der Waals surface area contributed by atoms with Gasteiger partial charge in [0.2, 0.25) is 0 Å². The Hall–Kier alpha value is -1.45. The Labute approximate surface area is 57.0 Å². The van der Waals surface area contributed by atoms with Gasteiger partial charge in [0.15, 0.2) is 0 Å². The van der Waals surface area contributed by atoms with Gasteiger partial charge in [0.25, 0.3) is 5.78 Å². The van der Waals surface area contributed by atoms with Gasteiger partial charge in [-0.2, -0.15) is 0 Å². The van der Waals surface area contributed by atoms with E-state index in [1.807, 2.05) is 0 Å². The second kappa shape index (κ2) is 2.43. The average Bonchev–Trinajstić information content (AvgIpc) is 1.88. The zero-order valence-electron chi connectivity index (χ0n) is 5.11. The van der Waals surface area contributed by atoms with E-state index in [-0.39, 0.29) is 5.70 Å². The smallest absolute Gasteiger partial charge is 0.282 e. The SMILES string of the molecule is O=C1C=CCC=C1[N+](=O)[O-]. The van der Waals surface area contributed by atoms with Crippen molar-refractivity contribution < 1.29 is 9.72 Å². The quantitative estimate of drug-likeness (QED) is 0.396. The normalized spacial score (nSPS) is 16.8. The highest BCUT2D eigenvalue weighted by molar-refractivity contribution is 6.02. The molecule has 0 radical (unpaired) electrons. The van der Waals surface area contributed by atoms with Crippen LogP contribution in [0.15, 0.2) is 23.9 Å². The molecule has 0 saturated carbocycles. The molecule has 0 spiro atoms. The van der Waals surface area contributed by atoms with Gasteiger partial charge in [-0.05, 0) is 12.5 Å². The molecule has 0 fully saturated rings. The summed E-state index contributed by atoms with van der Waals surface area (Å²) in [6, 6.07) is 0. The monoisotopic (exact) mass is 139 g/mol. The summed E-state index contributed by atoms with van der Waals surface area (Å²) < 4.78 is 0. The average molecular weight is 139 g/mol. The molecule has 0 bridgehead atoms. The van der Waals surface area contributed by atoms with Gasteiger partial charge in [-0.25, -0.2) is 0 Å². The summed E-state index contributed by atoms with van der Waals surface area (Å²) in [4.78, 5) is 20.0. The molecule has 0 aromatic heterocycles. The molecule has 1 aliphatic rings. The summed E-state index contributed by atoms with van der Waals surface area (Å²) in [5, 5.41) is 10.0. The second-order valence-corrected chi connectivity index (χ2v) is 1.85. The van der Waals surface area contributed by atoms with E-state index < -0.39 is 10.7 Å². The molecule has 0 unspecified atom stereocenters. The summed E-state index contributed by atoms with van der Waals surface area (Å²) in [5.41, 5.74) is -0.317. The van der Waals surface area contributed by atoms with Crippen molar-refractivity contribution in [1.29, 1.82) is 0 Å². The third-order valence-electron chi connectivity index (χ3n) is 1.17. The largest absolute Gasteiger partial charge is 0.312 e. The molecule has 0 aliphatic heterocycles. The maximum Gasteiger partial charge on any atom is 0.312 e. The molecule has 0 aromatic rings. The standard InChI is InChI=1S/C6H5NO3/c8-6-4-2-1-3-5(6)7(9)10/h2-4H,1H2. The summed E-state index contributed by atoms with van der Waals surface area (Å²) in [6.45, 7) is 0. The molecule has 10 heavy (non-hydrogen) atoms. The number of carbonyl (C=O) groups is 1. The molecule has 4 heteroatoms. The lowest BCUT2D eigenvalue weighted by atomic mass is 10.1. The third kappa shape index (κ3) is 1.10. The van der Waals surface area contributed by atoms with Crippen LogP contribution >= 0.6 is 0 Å².